The van der Waals surface area contributed by atoms with Crippen molar-refractivity contribution < 1.29 is 31.1 Å². The van der Waals surface area contributed by atoms with Crippen molar-refractivity contribution in [3.8, 4) is 11.5 Å². The Kier molecular flexibility index (Phi) is 7.48. The number of aryl methyl sites for hydroxylation is 4. The Morgan fingerprint density at radius 1 is 0.903 bits per heavy atom. The molecule has 10 heteroatoms. The Morgan fingerprint density at radius 3 is 1.90 bits per heavy atom. The van der Waals surface area contributed by atoms with Crippen LogP contribution in [0, 0.1) is 27.7 Å². The number of hydrogen-bond donors (Lipinski definition) is 2. The number of nitrogens with one attached hydrogen (secondary N) is 2. The summed E-state index contributed by atoms with van der Waals surface area (Å²) in [5.74, 6) is 0.773. The van der Waals surface area contributed by atoms with Gasteiger partial charge in [0, 0.05) is 18.3 Å². The third-order valence-electron chi connectivity index (χ3n) is 4.79. The van der Waals surface area contributed by atoms with Crippen molar-refractivity contribution in [1.29, 1.82) is 0 Å². The first kappa shape index (κ1) is 24.8. The molecule has 0 bridgehead atoms. The summed E-state index contributed by atoms with van der Waals surface area (Å²) in [6.45, 7) is 5.89. The molecular formula is C21H27F3N2O4S. The van der Waals surface area contributed by atoms with Crippen LogP contribution in [0.15, 0.2) is 29.2 Å². The molecule has 2 rings (SSSR count). The van der Waals surface area contributed by atoms with Crippen molar-refractivity contribution >= 4 is 15.7 Å². The second-order valence-corrected chi connectivity index (χ2v) is 9.00. The van der Waals surface area contributed by atoms with Crippen LogP contribution in [-0.2, 0) is 10.0 Å². The number of methoxy groups -OCH3 is 2. The van der Waals surface area contributed by atoms with Crippen LogP contribution in [0.5, 0.6) is 11.5 Å². The van der Waals surface area contributed by atoms with E-state index in [4.69, 9.17) is 9.47 Å². The smallest absolute Gasteiger partial charge is 0.406 e. The number of hydrogen-bond acceptors (Lipinski definition) is 5. The van der Waals surface area contributed by atoms with E-state index < -0.39 is 28.8 Å². The largest absolute Gasteiger partial charge is 0.493 e. The summed E-state index contributed by atoms with van der Waals surface area (Å²) in [5, 5.41) is 2.68. The SMILES string of the molecule is COc1cc(C)c(NCC(NS(=O)(=O)c2c(C)cc(C)cc2C)C(F)(F)F)cc1OC. The van der Waals surface area contributed by atoms with Crippen molar-refractivity contribution in [2.45, 2.75) is 44.8 Å². The molecule has 1 atom stereocenters. The van der Waals surface area contributed by atoms with Crippen molar-refractivity contribution in [2.75, 3.05) is 26.1 Å². The summed E-state index contributed by atoms with van der Waals surface area (Å²) in [6.07, 6.45) is -4.81. The first-order valence-electron chi connectivity index (χ1n) is 9.43. The number of alkyl halides is 3. The van der Waals surface area contributed by atoms with Gasteiger partial charge in [0.1, 0.15) is 6.04 Å². The normalized spacial score (nSPS) is 13.1. The molecule has 0 aliphatic carbocycles. The van der Waals surface area contributed by atoms with Crippen LogP contribution in [0.1, 0.15) is 22.3 Å². The number of rotatable bonds is 8. The highest BCUT2D eigenvalue weighted by Crippen LogP contribution is 2.33. The van der Waals surface area contributed by atoms with E-state index in [1.54, 1.807) is 45.9 Å². The molecule has 2 aromatic carbocycles. The van der Waals surface area contributed by atoms with Gasteiger partial charge in [0.2, 0.25) is 10.0 Å². The minimum atomic E-state index is -4.81. The van der Waals surface area contributed by atoms with Crippen molar-refractivity contribution in [3.05, 3.63) is 46.5 Å². The van der Waals surface area contributed by atoms with Gasteiger partial charge in [0.25, 0.3) is 0 Å². The van der Waals surface area contributed by atoms with E-state index in [-0.39, 0.29) is 4.90 Å². The molecule has 31 heavy (non-hydrogen) atoms. The van der Waals surface area contributed by atoms with Gasteiger partial charge in [-0.25, -0.2) is 8.42 Å². The molecule has 0 aromatic heterocycles. The standard InChI is InChI=1S/C21H27F3N2O4S/c1-12-7-14(3)20(15(4)8-12)31(27,28)26-19(21(22,23)24)11-25-16-10-18(30-6)17(29-5)9-13(16)2/h7-10,19,25-26H,11H2,1-6H3. The van der Waals surface area contributed by atoms with Crippen LogP contribution in [0.4, 0.5) is 18.9 Å². The Bertz CT molecular complexity index is 1030. The van der Waals surface area contributed by atoms with E-state index in [0.717, 1.165) is 5.56 Å². The number of ether oxygens (including phenoxy) is 2. The lowest BCUT2D eigenvalue weighted by Crippen LogP contribution is -2.49. The molecule has 0 saturated carbocycles. The topological polar surface area (TPSA) is 76.7 Å². The monoisotopic (exact) mass is 460 g/mol. The molecule has 0 heterocycles. The van der Waals surface area contributed by atoms with Gasteiger partial charge < -0.3 is 14.8 Å². The highest BCUT2D eigenvalue weighted by molar-refractivity contribution is 7.89. The molecule has 0 amide bonds. The summed E-state index contributed by atoms with van der Waals surface area (Å²) in [5.41, 5.74) is 2.58. The maximum Gasteiger partial charge on any atom is 0.406 e. The van der Waals surface area contributed by atoms with Crippen molar-refractivity contribution in [3.63, 3.8) is 0 Å². The zero-order chi connectivity index (χ0) is 23.6. The Morgan fingerprint density at radius 2 is 1.42 bits per heavy atom. The molecule has 2 N–H and O–H groups in total. The second-order valence-electron chi connectivity index (χ2n) is 7.35. The minimum absolute atomic E-state index is 0.144. The average molecular weight is 461 g/mol. The van der Waals surface area contributed by atoms with E-state index in [9.17, 15) is 21.6 Å². The predicted octanol–water partition coefficient (Wildman–Crippen LogP) is 4.26. The lowest BCUT2D eigenvalue weighted by atomic mass is 10.1. The number of benzene rings is 2. The van der Waals surface area contributed by atoms with Gasteiger partial charge in [-0.3, -0.25) is 0 Å². The summed E-state index contributed by atoms with van der Waals surface area (Å²) in [6, 6.07) is 4.02. The molecule has 6 nitrogen and oxygen atoms in total. The van der Waals surface area contributed by atoms with Gasteiger partial charge in [-0.2, -0.15) is 17.9 Å². The average Bonchev–Trinajstić information content (AvgIpc) is 2.63. The lowest BCUT2D eigenvalue weighted by Gasteiger charge is -2.24. The van der Waals surface area contributed by atoms with E-state index in [1.807, 2.05) is 4.72 Å². The fourth-order valence-electron chi connectivity index (χ4n) is 3.44. The first-order chi connectivity index (χ1) is 14.3. The molecule has 2 aromatic rings. The third-order valence-corrected chi connectivity index (χ3v) is 6.57. The van der Waals surface area contributed by atoms with Gasteiger partial charge in [0.05, 0.1) is 19.1 Å². The Balaban J connectivity index is 2.33. The van der Waals surface area contributed by atoms with E-state index in [1.165, 1.54) is 20.3 Å². The molecular weight excluding hydrogens is 433 g/mol. The van der Waals surface area contributed by atoms with Crippen LogP contribution < -0.4 is 19.5 Å². The number of sulfonamides is 1. The highest BCUT2D eigenvalue weighted by atomic mass is 32.2. The van der Waals surface area contributed by atoms with Crippen molar-refractivity contribution in [2.24, 2.45) is 0 Å². The van der Waals surface area contributed by atoms with Gasteiger partial charge in [-0.05, 0) is 50.5 Å². The van der Waals surface area contributed by atoms with E-state index >= 15 is 0 Å². The van der Waals surface area contributed by atoms with Crippen LogP contribution >= 0.6 is 0 Å². The van der Waals surface area contributed by atoms with Gasteiger partial charge in [0.15, 0.2) is 11.5 Å². The fraction of sp³-hybridized carbons (Fsp3) is 0.429. The van der Waals surface area contributed by atoms with Gasteiger partial charge >= 0.3 is 6.18 Å². The van der Waals surface area contributed by atoms with Crippen LogP contribution in [0.2, 0.25) is 0 Å². The van der Waals surface area contributed by atoms with Gasteiger partial charge in [-0.1, -0.05) is 17.7 Å². The zero-order valence-electron chi connectivity index (χ0n) is 18.3. The maximum absolute atomic E-state index is 13.7. The molecule has 0 fully saturated rings. The fourth-order valence-corrected chi connectivity index (χ4v) is 5.12. The minimum Gasteiger partial charge on any atom is -0.493 e. The summed E-state index contributed by atoms with van der Waals surface area (Å²) >= 11 is 0. The third kappa shape index (κ3) is 5.82. The zero-order valence-corrected chi connectivity index (χ0v) is 19.1. The van der Waals surface area contributed by atoms with Crippen LogP contribution in [-0.4, -0.2) is 41.4 Å². The first-order valence-corrected chi connectivity index (χ1v) is 10.9. The lowest BCUT2D eigenvalue weighted by molar-refractivity contribution is -0.148. The van der Waals surface area contributed by atoms with Crippen LogP contribution in [0.3, 0.4) is 0 Å². The number of halogens is 3. The second kappa shape index (κ2) is 9.35. The van der Waals surface area contributed by atoms with E-state index in [2.05, 4.69) is 5.32 Å². The molecule has 0 spiro atoms. The molecule has 0 aliphatic rings. The van der Waals surface area contributed by atoms with E-state index in [0.29, 0.717) is 33.9 Å². The molecule has 172 valence electrons. The number of anilines is 1. The molecule has 0 radical (unpaired) electrons. The van der Waals surface area contributed by atoms with Gasteiger partial charge in [-0.15, -0.1) is 0 Å². The quantitative estimate of drug-likeness (QED) is 0.616. The maximum atomic E-state index is 13.7. The summed E-state index contributed by atoms with van der Waals surface area (Å²) < 4.78 is 78.9. The summed E-state index contributed by atoms with van der Waals surface area (Å²) in [4.78, 5) is -0.144. The highest BCUT2D eigenvalue weighted by Gasteiger charge is 2.42. The Hall–Kier alpha value is -2.46. The van der Waals surface area contributed by atoms with Crippen LogP contribution in [0.25, 0.3) is 0 Å². The molecule has 0 saturated heterocycles. The predicted molar refractivity (Wildman–Crippen MR) is 114 cm³/mol. The van der Waals surface area contributed by atoms with Crippen molar-refractivity contribution in [1.82, 2.24) is 4.72 Å². The molecule has 1 unspecified atom stereocenters. The summed E-state index contributed by atoms with van der Waals surface area (Å²) in [7, 11) is -1.55. The Labute approximate surface area is 180 Å². The molecule has 0 aliphatic heterocycles.